The molecule has 0 saturated carbocycles. The molecule has 0 radical (unpaired) electrons. The molecule has 2 rings (SSSR count). The van der Waals surface area contributed by atoms with Gasteiger partial charge in [0.25, 0.3) is 5.91 Å². The molecule has 0 fully saturated rings. The van der Waals surface area contributed by atoms with Crippen molar-refractivity contribution >= 4 is 34.6 Å². The van der Waals surface area contributed by atoms with Crippen molar-refractivity contribution in [2.45, 2.75) is 0 Å². The van der Waals surface area contributed by atoms with Gasteiger partial charge in [0, 0.05) is 11.6 Å². The Morgan fingerprint density at radius 3 is 2.62 bits per heavy atom. The predicted molar refractivity (Wildman–Crippen MR) is 72.3 cm³/mol. The Kier molecular flexibility index (Phi) is 3.94. The summed E-state index contributed by atoms with van der Waals surface area (Å²) in [4.78, 5) is 32.3. The van der Waals surface area contributed by atoms with Crippen LogP contribution < -0.4 is 5.32 Å². The first kappa shape index (κ1) is 14.6. The zero-order valence-corrected chi connectivity index (χ0v) is 11.0. The third-order valence-electron chi connectivity index (χ3n) is 2.51. The molecule has 1 amide bonds. The van der Waals surface area contributed by atoms with E-state index in [0.717, 1.165) is 29.5 Å². The summed E-state index contributed by atoms with van der Waals surface area (Å²) in [6.45, 7) is 0. The topological polar surface area (TPSA) is 110 Å². The number of amides is 1. The number of carbonyl (C=O) groups excluding carboxylic acids is 1. The van der Waals surface area contributed by atoms with Crippen molar-refractivity contribution in [3.05, 3.63) is 56.0 Å². The second-order valence-corrected chi connectivity index (χ2v) is 4.76. The Morgan fingerprint density at radius 1 is 1.33 bits per heavy atom. The van der Waals surface area contributed by atoms with Gasteiger partial charge in [0.2, 0.25) is 5.82 Å². The number of nitrogens with one attached hydrogen (secondary N) is 1. The molecule has 2 N–H and O–H groups in total. The van der Waals surface area contributed by atoms with Gasteiger partial charge in [0.05, 0.1) is 10.6 Å². The number of aromatic carboxylic acids is 1. The first-order valence-corrected chi connectivity index (χ1v) is 6.34. The lowest BCUT2D eigenvalue weighted by atomic mass is 10.2. The van der Waals surface area contributed by atoms with Gasteiger partial charge in [-0.15, -0.1) is 11.3 Å². The van der Waals surface area contributed by atoms with Crippen LogP contribution in [0.15, 0.2) is 29.6 Å². The minimum absolute atomic E-state index is 0.0641. The number of rotatable bonds is 4. The van der Waals surface area contributed by atoms with E-state index in [9.17, 15) is 24.1 Å². The molecule has 0 unspecified atom stereocenters. The number of benzene rings is 1. The van der Waals surface area contributed by atoms with Crippen molar-refractivity contribution in [3.8, 4) is 0 Å². The Hall–Kier alpha value is -2.81. The Balaban J connectivity index is 2.25. The highest BCUT2D eigenvalue weighted by Gasteiger charge is 2.19. The maximum Gasteiger partial charge on any atom is 0.348 e. The van der Waals surface area contributed by atoms with Crippen molar-refractivity contribution in [2.24, 2.45) is 0 Å². The summed E-state index contributed by atoms with van der Waals surface area (Å²) in [6.07, 6.45) is 0. The highest BCUT2D eigenvalue weighted by atomic mass is 32.1. The molecule has 2 aromatic rings. The molecular weight excluding hydrogens is 303 g/mol. The van der Waals surface area contributed by atoms with Gasteiger partial charge < -0.3 is 10.4 Å². The summed E-state index contributed by atoms with van der Waals surface area (Å²) < 4.78 is 13.4. The van der Waals surface area contributed by atoms with E-state index < -0.39 is 28.3 Å². The van der Waals surface area contributed by atoms with Gasteiger partial charge in [0.15, 0.2) is 0 Å². The van der Waals surface area contributed by atoms with Gasteiger partial charge in [-0.05, 0) is 23.6 Å². The molecule has 108 valence electrons. The molecule has 1 aromatic heterocycles. The standard InChI is InChI=1S/C12H7FN2O5S/c13-7-5-6(1-2-9(7)15(19)20)11(16)14-8-3-4-21-10(8)12(17)18/h1-5H,(H,14,16)(H,17,18). The van der Waals surface area contributed by atoms with E-state index >= 15 is 0 Å². The summed E-state index contributed by atoms with van der Waals surface area (Å²) in [5.74, 6) is -3.10. The summed E-state index contributed by atoms with van der Waals surface area (Å²) in [6, 6.07) is 4.08. The Morgan fingerprint density at radius 2 is 2.05 bits per heavy atom. The minimum atomic E-state index is -1.20. The van der Waals surface area contributed by atoms with Crippen LogP contribution in [0.1, 0.15) is 20.0 Å². The number of halogens is 1. The van der Waals surface area contributed by atoms with Crippen LogP contribution in [-0.2, 0) is 0 Å². The molecule has 9 heteroatoms. The van der Waals surface area contributed by atoms with Crippen molar-refractivity contribution in [3.63, 3.8) is 0 Å². The van der Waals surface area contributed by atoms with Crippen LogP contribution in [0.5, 0.6) is 0 Å². The average Bonchev–Trinajstić information content (AvgIpc) is 2.86. The number of hydrogen-bond acceptors (Lipinski definition) is 5. The zero-order chi connectivity index (χ0) is 15.6. The second-order valence-electron chi connectivity index (χ2n) is 3.85. The number of hydrogen-bond donors (Lipinski definition) is 2. The number of nitro groups is 1. The van der Waals surface area contributed by atoms with Crippen LogP contribution >= 0.6 is 11.3 Å². The number of nitro benzene ring substituents is 1. The highest BCUT2D eigenvalue weighted by molar-refractivity contribution is 7.12. The number of thiophene rings is 1. The average molecular weight is 310 g/mol. The van der Waals surface area contributed by atoms with Gasteiger partial charge in [-0.1, -0.05) is 0 Å². The number of carboxylic acid groups (broad SMARTS) is 1. The molecule has 0 aliphatic rings. The van der Waals surface area contributed by atoms with Crippen LogP contribution in [0.3, 0.4) is 0 Å². The molecule has 0 aliphatic heterocycles. The van der Waals surface area contributed by atoms with Crippen molar-refractivity contribution in [1.29, 1.82) is 0 Å². The molecule has 21 heavy (non-hydrogen) atoms. The van der Waals surface area contributed by atoms with E-state index in [2.05, 4.69) is 5.32 Å². The third-order valence-corrected chi connectivity index (χ3v) is 3.42. The Bertz CT molecular complexity index is 743. The second kappa shape index (κ2) is 5.67. The number of carboxylic acids is 1. The summed E-state index contributed by atoms with van der Waals surface area (Å²) in [7, 11) is 0. The lowest BCUT2D eigenvalue weighted by molar-refractivity contribution is -0.387. The molecule has 0 saturated heterocycles. The zero-order valence-electron chi connectivity index (χ0n) is 10.2. The van der Waals surface area contributed by atoms with E-state index in [1.165, 1.54) is 11.4 Å². The van der Waals surface area contributed by atoms with Crippen LogP contribution in [-0.4, -0.2) is 21.9 Å². The maximum absolute atomic E-state index is 13.4. The van der Waals surface area contributed by atoms with Gasteiger partial charge in [-0.25, -0.2) is 4.79 Å². The van der Waals surface area contributed by atoms with Gasteiger partial charge >= 0.3 is 11.7 Å². The quantitative estimate of drug-likeness (QED) is 0.666. The summed E-state index contributed by atoms with van der Waals surface area (Å²) >= 11 is 0.927. The number of nitrogens with zero attached hydrogens (tertiary/aromatic N) is 1. The van der Waals surface area contributed by atoms with Crippen molar-refractivity contribution < 1.29 is 24.0 Å². The van der Waals surface area contributed by atoms with Crippen LogP contribution in [0, 0.1) is 15.9 Å². The summed E-state index contributed by atoms with van der Waals surface area (Å²) in [5, 5.41) is 23.2. The normalized spacial score (nSPS) is 10.1. The van der Waals surface area contributed by atoms with Gasteiger partial charge in [-0.2, -0.15) is 4.39 Å². The van der Waals surface area contributed by atoms with E-state index in [-0.39, 0.29) is 16.1 Å². The molecule has 1 aromatic carbocycles. The molecule has 0 aliphatic carbocycles. The maximum atomic E-state index is 13.4. The fraction of sp³-hybridized carbons (Fsp3) is 0. The molecule has 0 bridgehead atoms. The fourth-order valence-electron chi connectivity index (χ4n) is 1.56. The number of anilines is 1. The molecule has 0 spiro atoms. The monoisotopic (exact) mass is 310 g/mol. The smallest absolute Gasteiger partial charge is 0.348 e. The predicted octanol–water partition coefficient (Wildman–Crippen LogP) is 2.75. The largest absolute Gasteiger partial charge is 0.477 e. The lowest BCUT2D eigenvalue weighted by Crippen LogP contribution is -2.14. The van der Waals surface area contributed by atoms with E-state index in [0.29, 0.717) is 0 Å². The minimum Gasteiger partial charge on any atom is -0.477 e. The molecule has 1 heterocycles. The Labute approximate surface area is 120 Å². The van der Waals surface area contributed by atoms with E-state index in [1.54, 1.807) is 0 Å². The molecule has 7 nitrogen and oxygen atoms in total. The fourth-order valence-corrected chi connectivity index (χ4v) is 2.25. The van der Waals surface area contributed by atoms with E-state index in [1.807, 2.05) is 0 Å². The van der Waals surface area contributed by atoms with E-state index in [4.69, 9.17) is 5.11 Å². The number of carbonyl (C=O) groups is 2. The van der Waals surface area contributed by atoms with Gasteiger partial charge in [-0.3, -0.25) is 14.9 Å². The molecule has 0 atom stereocenters. The third kappa shape index (κ3) is 3.03. The van der Waals surface area contributed by atoms with Crippen molar-refractivity contribution in [1.82, 2.24) is 0 Å². The highest BCUT2D eigenvalue weighted by Crippen LogP contribution is 2.24. The van der Waals surface area contributed by atoms with Crippen LogP contribution in [0.25, 0.3) is 0 Å². The summed E-state index contributed by atoms with van der Waals surface area (Å²) in [5.41, 5.74) is -0.815. The SMILES string of the molecule is O=C(Nc1ccsc1C(=O)O)c1ccc([N+](=O)[O-])c(F)c1. The molecular formula is C12H7FN2O5S. The van der Waals surface area contributed by atoms with Crippen LogP contribution in [0.4, 0.5) is 15.8 Å². The first-order chi connectivity index (χ1) is 9.90. The van der Waals surface area contributed by atoms with Crippen molar-refractivity contribution in [2.75, 3.05) is 5.32 Å². The first-order valence-electron chi connectivity index (χ1n) is 5.46. The lowest BCUT2D eigenvalue weighted by Gasteiger charge is -2.04. The van der Waals surface area contributed by atoms with Crippen LogP contribution in [0.2, 0.25) is 0 Å². The van der Waals surface area contributed by atoms with Gasteiger partial charge in [0.1, 0.15) is 4.88 Å².